The molecule has 2 aromatic heterocycles. The molecule has 3 aromatic carbocycles. The van der Waals surface area contributed by atoms with E-state index in [9.17, 15) is 4.79 Å². The topological polar surface area (TPSA) is 91.7 Å². The summed E-state index contributed by atoms with van der Waals surface area (Å²) in [4.78, 5) is 18.5. The van der Waals surface area contributed by atoms with Crippen molar-refractivity contribution in [2.24, 2.45) is 5.73 Å². The standard InChI is InChI=1S/C32H34N6O2/c1-22-29(15-16-37(4)21-25-18-28(36(2)3)20-34-35-25)30-19-27(13-14-31(30)40-22)38(32(33)39)26-12-8-11-24(17-26)23-9-6-5-7-10-23/h5-14,17-20H,15-16,21H2,1-4H3,(H2,33,39). The van der Waals surface area contributed by atoms with E-state index in [-0.39, 0.29) is 0 Å². The molecular weight excluding hydrogens is 500 g/mol. The third-order valence-electron chi connectivity index (χ3n) is 7.05. The molecule has 0 fully saturated rings. The van der Waals surface area contributed by atoms with Gasteiger partial charge in [-0.25, -0.2) is 4.79 Å². The summed E-state index contributed by atoms with van der Waals surface area (Å²) in [6.07, 6.45) is 2.54. The number of furan rings is 1. The lowest BCUT2D eigenvalue weighted by Crippen LogP contribution is -2.31. The molecule has 5 aromatic rings. The number of nitrogens with two attached hydrogens (primary N) is 1. The summed E-state index contributed by atoms with van der Waals surface area (Å²) in [6, 6.07) is 25.2. The lowest BCUT2D eigenvalue weighted by atomic mass is 10.0. The predicted octanol–water partition coefficient (Wildman–Crippen LogP) is 6.16. The average molecular weight is 535 g/mol. The Bertz CT molecular complexity index is 1630. The molecule has 40 heavy (non-hydrogen) atoms. The first-order valence-electron chi connectivity index (χ1n) is 13.2. The molecule has 204 valence electrons. The van der Waals surface area contributed by atoms with Crippen LogP contribution in [0.15, 0.2) is 89.5 Å². The number of amides is 2. The fourth-order valence-electron chi connectivity index (χ4n) is 4.95. The van der Waals surface area contributed by atoms with Gasteiger partial charge in [-0.3, -0.25) is 4.90 Å². The van der Waals surface area contributed by atoms with E-state index in [1.165, 1.54) is 0 Å². The first kappa shape index (κ1) is 26.9. The minimum atomic E-state index is -0.549. The minimum absolute atomic E-state index is 0.549. The van der Waals surface area contributed by atoms with Crippen LogP contribution in [-0.4, -0.2) is 48.8 Å². The number of hydrogen-bond acceptors (Lipinski definition) is 6. The number of anilines is 3. The van der Waals surface area contributed by atoms with Gasteiger partial charge in [0.2, 0.25) is 0 Å². The van der Waals surface area contributed by atoms with Crippen LogP contribution in [0.3, 0.4) is 0 Å². The minimum Gasteiger partial charge on any atom is -0.461 e. The summed E-state index contributed by atoms with van der Waals surface area (Å²) in [6.45, 7) is 3.46. The summed E-state index contributed by atoms with van der Waals surface area (Å²) in [5.41, 5.74) is 13.2. The molecule has 0 aliphatic carbocycles. The van der Waals surface area contributed by atoms with Gasteiger partial charge in [-0.1, -0.05) is 42.5 Å². The lowest BCUT2D eigenvalue weighted by Gasteiger charge is -2.22. The lowest BCUT2D eigenvalue weighted by molar-refractivity contribution is 0.256. The number of rotatable bonds is 9. The molecule has 0 bridgehead atoms. The molecule has 5 rings (SSSR count). The molecule has 0 saturated heterocycles. The number of nitrogens with zero attached hydrogens (tertiary/aromatic N) is 5. The maximum Gasteiger partial charge on any atom is 0.323 e. The van der Waals surface area contributed by atoms with Gasteiger partial charge in [-0.15, -0.1) is 0 Å². The zero-order chi connectivity index (χ0) is 28.2. The summed E-state index contributed by atoms with van der Waals surface area (Å²) in [5, 5.41) is 9.40. The van der Waals surface area contributed by atoms with Crippen molar-refractivity contribution >= 4 is 34.1 Å². The van der Waals surface area contributed by atoms with Gasteiger partial charge in [0.15, 0.2) is 0 Å². The number of primary amides is 1. The second kappa shape index (κ2) is 11.6. The van der Waals surface area contributed by atoms with E-state index in [0.29, 0.717) is 17.9 Å². The summed E-state index contributed by atoms with van der Waals surface area (Å²) in [7, 11) is 6.05. The zero-order valence-corrected chi connectivity index (χ0v) is 23.3. The van der Waals surface area contributed by atoms with Crippen molar-refractivity contribution in [3.05, 3.63) is 102 Å². The first-order valence-corrected chi connectivity index (χ1v) is 13.2. The van der Waals surface area contributed by atoms with E-state index >= 15 is 0 Å². The van der Waals surface area contributed by atoms with E-state index in [0.717, 1.165) is 57.8 Å². The zero-order valence-electron chi connectivity index (χ0n) is 23.3. The Kier molecular flexibility index (Phi) is 7.79. The summed E-state index contributed by atoms with van der Waals surface area (Å²) < 4.78 is 6.09. The van der Waals surface area contributed by atoms with Crippen molar-refractivity contribution in [2.75, 3.05) is 37.5 Å². The van der Waals surface area contributed by atoms with E-state index in [1.807, 2.05) is 98.7 Å². The number of urea groups is 1. The molecule has 0 aliphatic heterocycles. The number of aryl methyl sites for hydroxylation is 1. The van der Waals surface area contributed by atoms with Crippen molar-refractivity contribution < 1.29 is 9.21 Å². The van der Waals surface area contributed by atoms with Crippen LogP contribution in [0.5, 0.6) is 0 Å². The third kappa shape index (κ3) is 5.82. The highest BCUT2D eigenvalue weighted by atomic mass is 16.3. The average Bonchev–Trinajstić information content (AvgIpc) is 3.26. The second-order valence-corrected chi connectivity index (χ2v) is 10.2. The smallest absolute Gasteiger partial charge is 0.323 e. The van der Waals surface area contributed by atoms with E-state index in [2.05, 4.69) is 28.2 Å². The highest BCUT2D eigenvalue weighted by molar-refractivity contribution is 6.01. The number of benzene rings is 3. The molecule has 0 atom stereocenters. The number of hydrogen-bond donors (Lipinski definition) is 1. The van der Waals surface area contributed by atoms with E-state index < -0.39 is 6.03 Å². The Morgan fingerprint density at radius 1 is 0.875 bits per heavy atom. The molecule has 0 unspecified atom stereocenters. The van der Waals surface area contributed by atoms with Crippen LogP contribution in [0.1, 0.15) is 17.0 Å². The number of carbonyl (C=O) groups excluding carboxylic acids is 1. The van der Waals surface area contributed by atoms with Crippen molar-refractivity contribution in [1.29, 1.82) is 0 Å². The number of fused-ring (bicyclic) bond motifs is 1. The first-order chi connectivity index (χ1) is 19.3. The van der Waals surface area contributed by atoms with Crippen LogP contribution in [0.4, 0.5) is 21.9 Å². The van der Waals surface area contributed by atoms with Crippen LogP contribution in [0.2, 0.25) is 0 Å². The van der Waals surface area contributed by atoms with Gasteiger partial charge in [0.1, 0.15) is 11.3 Å². The second-order valence-electron chi connectivity index (χ2n) is 10.2. The van der Waals surface area contributed by atoms with E-state index in [1.54, 1.807) is 11.1 Å². The van der Waals surface area contributed by atoms with Crippen LogP contribution in [-0.2, 0) is 13.0 Å². The quantitative estimate of drug-likeness (QED) is 0.244. The molecule has 8 nitrogen and oxygen atoms in total. The Morgan fingerprint density at radius 2 is 1.62 bits per heavy atom. The van der Waals surface area contributed by atoms with Crippen LogP contribution in [0, 0.1) is 6.92 Å². The van der Waals surface area contributed by atoms with Crippen molar-refractivity contribution in [2.45, 2.75) is 19.9 Å². The van der Waals surface area contributed by atoms with Gasteiger partial charge in [0, 0.05) is 38.1 Å². The van der Waals surface area contributed by atoms with Gasteiger partial charge < -0.3 is 20.0 Å². The molecule has 0 radical (unpaired) electrons. The monoisotopic (exact) mass is 534 g/mol. The number of aromatic nitrogens is 2. The molecule has 0 spiro atoms. The summed E-state index contributed by atoms with van der Waals surface area (Å²) >= 11 is 0. The van der Waals surface area contributed by atoms with Crippen molar-refractivity contribution in [3.8, 4) is 11.1 Å². The maximum atomic E-state index is 12.7. The molecule has 0 aliphatic rings. The largest absolute Gasteiger partial charge is 0.461 e. The SMILES string of the molecule is Cc1oc2ccc(N(C(N)=O)c3cccc(-c4ccccc4)c3)cc2c1CCN(C)Cc1cc(N(C)C)cnn1. The van der Waals surface area contributed by atoms with E-state index in [4.69, 9.17) is 10.2 Å². The Morgan fingerprint density at radius 3 is 2.38 bits per heavy atom. The fourth-order valence-corrected chi connectivity index (χ4v) is 4.95. The molecule has 8 heteroatoms. The Labute approximate surface area is 234 Å². The highest BCUT2D eigenvalue weighted by Gasteiger charge is 2.19. The molecule has 2 heterocycles. The number of likely N-dealkylation sites (N-methyl/N-ethyl adjacent to an activating group) is 1. The fraction of sp³-hybridized carbons (Fsp3) is 0.219. The Hall–Kier alpha value is -4.69. The van der Waals surface area contributed by atoms with Gasteiger partial charge >= 0.3 is 6.03 Å². The normalized spacial score (nSPS) is 11.2. The molecule has 2 N–H and O–H groups in total. The van der Waals surface area contributed by atoms with Gasteiger partial charge in [-0.05, 0) is 67.9 Å². The van der Waals surface area contributed by atoms with Crippen LogP contribution in [0.25, 0.3) is 22.1 Å². The maximum absolute atomic E-state index is 12.7. The van der Waals surface area contributed by atoms with Gasteiger partial charge in [0.05, 0.1) is 29.0 Å². The molecule has 2 amide bonds. The Balaban J connectivity index is 1.40. The summed E-state index contributed by atoms with van der Waals surface area (Å²) in [5.74, 6) is 0.867. The van der Waals surface area contributed by atoms with Gasteiger partial charge in [0.25, 0.3) is 0 Å². The van der Waals surface area contributed by atoms with Crippen molar-refractivity contribution in [3.63, 3.8) is 0 Å². The van der Waals surface area contributed by atoms with Crippen LogP contribution < -0.4 is 15.5 Å². The highest BCUT2D eigenvalue weighted by Crippen LogP contribution is 2.34. The third-order valence-corrected chi connectivity index (χ3v) is 7.05. The molecular formula is C32H34N6O2. The van der Waals surface area contributed by atoms with Crippen molar-refractivity contribution in [1.82, 2.24) is 15.1 Å². The molecule has 0 saturated carbocycles. The predicted molar refractivity (Wildman–Crippen MR) is 161 cm³/mol. The van der Waals surface area contributed by atoms with Gasteiger partial charge in [-0.2, -0.15) is 10.2 Å². The van der Waals surface area contributed by atoms with Crippen LogP contribution >= 0.6 is 0 Å². The number of carbonyl (C=O) groups is 1.